The van der Waals surface area contributed by atoms with Crippen LogP contribution in [0.4, 0.5) is 14.5 Å². The second-order valence-electron chi connectivity index (χ2n) is 7.06. The molecule has 1 amide bonds. The van der Waals surface area contributed by atoms with Crippen molar-refractivity contribution in [2.45, 2.75) is 32.1 Å². The van der Waals surface area contributed by atoms with Crippen molar-refractivity contribution >= 4 is 17.6 Å². The van der Waals surface area contributed by atoms with Gasteiger partial charge in [0, 0.05) is 30.5 Å². The molecule has 1 aliphatic heterocycles. The molecule has 148 valence electrons. The lowest BCUT2D eigenvalue weighted by Crippen LogP contribution is -2.45. The van der Waals surface area contributed by atoms with Crippen LogP contribution in [0.5, 0.6) is 0 Å². The molecule has 5 nitrogen and oxygen atoms in total. The van der Waals surface area contributed by atoms with Crippen molar-refractivity contribution in [3.05, 3.63) is 64.2 Å². The van der Waals surface area contributed by atoms with Gasteiger partial charge in [0.25, 0.3) is 0 Å². The topological polar surface area (TPSA) is 75.6 Å². The van der Waals surface area contributed by atoms with Gasteiger partial charge in [0.1, 0.15) is 11.6 Å². The Labute approximate surface area is 161 Å². The SMILES string of the molecule is Cc1cc(C)c(C(=O)O)cc1NC(=O)C1(c2ccc(F)cc2F)CCOCC1. The number of hydrogen-bond acceptors (Lipinski definition) is 3. The first-order valence-corrected chi connectivity index (χ1v) is 8.94. The highest BCUT2D eigenvalue weighted by Crippen LogP contribution is 2.38. The fourth-order valence-electron chi connectivity index (χ4n) is 3.68. The number of nitrogens with one attached hydrogen (secondary N) is 1. The van der Waals surface area contributed by atoms with Gasteiger partial charge in [-0.15, -0.1) is 0 Å². The van der Waals surface area contributed by atoms with Crippen molar-refractivity contribution in [3.63, 3.8) is 0 Å². The highest BCUT2D eigenvalue weighted by Gasteiger charge is 2.43. The zero-order valence-electron chi connectivity index (χ0n) is 15.6. The van der Waals surface area contributed by atoms with Gasteiger partial charge < -0.3 is 15.2 Å². The number of aromatic carboxylic acids is 1. The monoisotopic (exact) mass is 389 g/mol. The predicted octanol–water partition coefficient (Wildman–Crippen LogP) is 3.97. The summed E-state index contributed by atoms with van der Waals surface area (Å²) >= 11 is 0. The summed E-state index contributed by atoms with van der Waals surface area (Å²) in [7, 11) is 0. The van der Waals surface area contributed by atoms with E-state index in [1.807, 2.05) is 0 Å². The molecule has 0 aromatic heterocycles. The summed E-state index contributed by atoms with van der Waals surface area (Å²) in [6.07, 6.45) is 0.468. The Bertz CT molecular complexity index is 936. The molecule has 0 bridgehead atoms. The third-order valence-corrected chi connectivity index (χ3v) is 5.28. The molecule has 2 aromatic carbocycles. The van der Waals surface area contributed by atoms with Crippen molar-refractivity contribution in [1.29, 1.82) is 0 Å². The van der Waals surface area contributed by atoms with Crippen molar-refractivity contribution in [3.8, 4) is 0 Å². The third kappa shape index (κ3) is 3.62. The number of rotatable bonds is 4. The molecule has 28 heavy (non-hydrogen) atoms. The molecule has 1 saturated heterocycles. The first-order valence-electron chi connectivity index (χ1n) is 8.94. The number of hydrogen-bond donors (Lipinski definition) is 2. The average Bonchev–Trinajstić information content (AvgIpc) is 2.64. The van der Waals surface area contributed by atoms with Crippen LogP contribution in [0.1, 0.15) is 39.9 Å². The summed E-state index contributed by atoms with van der Waals surface area (Å²) in [6, 6.07) is 6.26. The van der Waals surface area contributed by atoms with Crippen LogP contribution in [0.25, 0.3) is 0 Å². The van der Waals surface area contributed by atoms with Gasteiger partial charge in [-0.25, -0.2) is 13.6 Å². The van der Waals surface area contributed by atoms with E-state index < -0.39 is 28.9 Å². The molecule has 1 heterocycles. The Kier molecular flexibility index (Phi) is 5.47. The lowest BCUT2D eigenvalue weighted by Gasteiger charge is -2.36. The quantitative estimate of drug-likeness (QED) is 0.830. The summed E-state index contributed by atoms with van der Waals surface area (Å²) in [6.45, 7) is 3.95. The number of anilines is 1. The van der Waals surface area contributed by atoms with Crippen LogP contribution in [0.2, 0.25) is 0 Å². The largest absolute Gasteiger partial charge is 0.478 e. The van der Waals surface area contributed by atoms with E-state index in [2.05, 4.69) is 5.32 Å². The number of benzene rings is 2. The minimum atomic E-state index is -1.23. The van der Waals surface area contributed by atoms with E-state index in [9.17, 15) is 23.5 Å². The molecule has 0 saturated carbocycles. The third-order valence-electron chi connectivity index (χ3n) is 5.28. The van der Waals surface area contributed by atoms with Gasteiger partial charge in [-0.2, -0.15) is 0 Å². The van der Waals surface area contributed by atoms with E-state index in [0.29, 0.717) is 16.8 Å². The number of aryl methyl sites for hydroxylation is 2. The minimum Gasteiger partial charge on any atom is -0.478 e. The maximum absolute atomic E-state index is 14.5. The first kappa shape index (κ1) is 19.9. The number of ether oxygens (including phenoxy) is 1. The molecule has 1 aliphatic rings. The number of halogens is 2. The van der Waals surface area contributed by atoms with Crippen molar-refractivity contribution in [1.82, 2.24) is 0 Å². The Morgan fingerprint density at radius 2 is 1.75 bits per heavy atom. The predicted molar refractivity (Wildman–Crippen MR) is 99.6 cm³/mol. The van der Waals surface area contributed by atoms with Gasteiger partial charge in [0.2, 0.25) is 5.91 Å². The Balaban J connectivity index is 2.02. The van der Waals surface area contributed by atoms with Gasteiger partial charge in [0.05, 0.1) is 11.0 Å². The van der Waals surface area contributed by atoms with Gasteiger partial charge in [-0.1, -0.05) is 12.1 Å². The standard InChI is InChI=1S/C21H21F2NO4/c1-12-9-13(2)18(11-15(12)19(25)26)24-20(27)21(5-7-28-8-6-21)16-4-3-14(22)10-17(16)23/h3-4,9-11H,5-8H2,1-2H3,(H,24,27)(H,25,26). The van der Waals surface area contributed by atoms with Gasteiger partial charge >= 0.3 is 5.97 Å². The van der Waals surface area contributed by atoms with E-state index in [0.717, 1.165) is 12.1 Å². The van der Waals surface area contributed by atoms with Crippen molar-refractivity contribution in [2.24, 2.45) is 0 Å². The van der Waals surface area contributed by atoms with Crippen LogP contribution >= 0.6 is 0 Å². The molecular formula is C21H21F2NO4. The Hall–Kier alpha value is -2.80. The number of carbonyl (C=O) groups excluding carboxylic acids is 1. The maximum atomic E-state index is 14.5. The van der Waals surface area contributed by atoms with Crippen LogP contribution in [-0.2, 0) is 14.9 Å². The summed E-state index contributed by atoms with van der Waals surface area (Å²) < 4.78 is 33.3. The molecule has 2 aromatic rings. The maximum Gasteiger partial charge on any atom is 0.336 e. The zero-order chi connectivity index (χ0) is 20.5. The molecule has 2 N–H and O–H groups in total. The molecule has 0 spiro atoms. The zero-order valence-corrected chi connectivity index (χ0v) is 15.6. The molecule has 1 fully saturated rings. The summed E-state index contributed by atoms with van der Waals surface area (Å²) in [5, 5.41) is 12.1. The fraction of sp³-hybridized carbons (Fsp3) is 0.333. The number of amides is 1. The van der Waals surface area contributed by atoms with E-state index in [4.69, 9.17) is 4.74 Å². The van der Waals surface area contributed by atoms with E-state index in [1.54, 1.807) is 19.9 Å². The second kappa shape index (κ2) is 7.67. The van der Waals surface area contributed by atoms with Crippen LogP contribution in [-0.4, -0.2) is 30.2 Å². The molecule has 7 heteroatoms. The normalized spacial score (nSPS) is 15.9. The average molecular weight is 389 g/mol. The highest BCUT2D eigenvalue weighted by atomic mass is 19.1. The Morgan fingerprint density at radius 1 is 1.07 bits per heavy atom. The molecule has 3 rings (SSSR count). The lowest BCUT2D eigenvalue weighted by molar-refractivity contribution is -0.125. The number of carboxylic acids is 1. The number of carbonyl (C=O) groups is 2. The first-order chi connectivity index (χ1) is 13.2. The minimum absolute atomic E-state index is 0.0786. The molecule has 0 radical (unpaired) electrons. The number of carboxylic acid groups (broad SMARTS) is 1. The molecule has 0 unspecified atom stereocenters. The van der Waals surface area contributed by atoms with Gasteiger partial charge in [-0.05, 0) is 49.9 Å². The fourth-order valence-corrected chi connectivity index (χ4v) is 3.68. The highest BCUT2D eigenvalue weighted by molar-refractivity contribution is 6.01. The lowest BCUT2D eigenvalue weighted by atomic mass is 9.73. The molecular weight excluding hydrogens is 368 g/mol. The Morgan fingerprint density at radius 3 is 2.36 bits per heavy atom. The smallest absolute Gasteiger partial charge is 0.336 e. The van der Waals surface area contributed by atoms with Gasteiger partial charge in [-0.3, -0.25) is 4.79 Å². The van der Waals surface area contributed by atoms with E-state index >= 15 is 0 Å². The van der Waals surface area contributed by atoms with Crippen LogP contribution in [0, 0.1) is 25.5 Å². The summed E-state index contributed by atoms with van der Waals surface area (Å²) in [5.74, 6) is -3.07. The second-order valence-corrected chi connectivity index (χ2v) is 7.06. The van der Waals surface area contributed by atoms with E-state index in [1.165, 1.54) is 12.1 Å². The van der Waals surface area contributed by atoms with E-state index in [-0.39, 0.29) is 37.2 Å². The van der Waals surface area contributed by atoms with Crippen LogP contribution < -0.4 is 5.32 Å². The van der Waals surface area contributed by atoms with Crippen molar-refractivity contribution < 1.29 is 28.2 Å². The van der Waals surface area contributed by atoms with Crippen molar-refractivity contribution in [2.75, 3.05) is 18.5 Å². The molecule has 0 atom stereocenters. The van der Waals surface area contributed by atoms with Crippen LogP contribution in [0.3, 0.4) is 0 Å². The summed E-state index contributed by atoms with van der Waals surface area (Å²) in [4.78, 5) is 24.7. The van der Waals surface area contributed by atoms with Gasteiger partial charge in [0.15, 0.2) is 0 Å². The molecule has 0 aliphatic carbocycles. The summed E-state index contributed by atoms with van der Waals surface area (Å²) in [5.41, 5.74) is 0.580. The van der Waals surface area contributed by atoms with Crippen LogP contribution in [0.15, 0.2) is 30.3 Å².